The Morgan fingerprint density at radius 2 is 1.15 bits per heavy atom. The monoisotopic (exact) mass is 384 g/mol. The van der Waals surface area contributed by atoms with Gasteiger partial charge in [0, 0.05) is 12.8 Å². The molecule has 0 radical (unpaired) electrons. The largest absolute Gasteiger partial charge is 0.462 e. The Morgan fingerprint density at radius 3 is 1.59 bits per heavy atom. The Kier molecular flexibility index (Phi) is 12.7. The summed E-state index contributed by atoms with van der Waals surface area (Å²) in [6.07, 6.45) is 8.94. The van der Waals surface area contributed by atoms with Gasteiger partial charge in [0.15, 0.2) is 0 Å². The number of esters is 2. The van der Waals surface area contributed by atoms with Crippen LogP contribution < -0.4 is 0 Å². The second-order valence-electron chi connectivity index (χ2n) is 10.2. The molecule has 0 saturated heterocycles. The van der Waals surface area contributed by atoms with Crippen LogP contribution in [0.5, 0.6) is 0 Å². The van der Waals surface area contributed by atoms with Gasteiger partial charge in [-0.1, -0.05) is 67.2 Å². The average molecular weight is 385 g/mol. The van der Waals surface area contributed by atoms with Crippen LogP contribution in [0.25, 0.3) is 0 Å². The first-order chi connectivity index (χ1) is 12.4. The number of hydrogen-bond acceptors (Lipinski definition) is 4. The minimum absolute atomic E-state index is 0.149. The fourth-order valence-corrected chi connectivity index (χ4v) is 2.80. The summed E-state index contributed by atoms with van der Waals surface area (Å²) in [5, 5.41) is 0. The van der Waals surface area contributed by atoms with E-state index in [1.54, 1.807) is 6.92 Å². The van der Waals surface area contributed by atoms with E-state index >= 15 is 0 Å². The van der Waals surface area contributed by atoms with Crippen molar-refractivity contribution < 1.29 is 19.1 Å². The van der Waals surface area contributed by atoms with Crippen molar-refractivity contribution in [2.75, 3.05) is 6.61 Å². The zero-order valence-electron chi connectivity index (χ0n) is 19.0. The van der Waals surface area contributed by atoms with Gasteiger partial charge in [0.2, 0.25) is 0 Å². The summed E-state index contributed by atoms with van der Waals surface area (Å²) in [6.45, 7) is 15.3. The van der Waals surface area contributed by atoms with Gasteiger partial charge >= 0.3 is 11.9 Å². The van der Waals surface area contributed by atoms with Gasteiger partial charge in [0.05, 0.1) is 0 Å². The Morgan fingerprint density at radius 1 is 0.704 bits per heavy atom. The Hall–Kier alpha value is -1.06. The Labute approximate surface area is 167 Å². The molecule has 0 aromatic carbocycles. The lowest BCUT2D eigenvalue weighted by Gasteiger charge is -2.17. The van der Waals surface area contributed by atoms with Crippen LogP contribution in [-0.4, -0.2) is 24.6 Å². The van der Waals surface area contributed by atoms with Gasteiger partial charge in [0.25, 0.3) is 0 Å². The van der Waals surface area contributed by atoms with Gasteiger partial charge < -0.3 is 9.47 Å². The lowest BCUT2D eigenvalue weighted by Crippen LogP contribution is -2.22. The van der Waals surface area contributed by atoms with Crippen LogP contribution >= 0.6 is 0 Å². The highest BCUT2D eigenvalue weighted by Gasteiger charge is 2.14. The molecular weight excluding hydrogens is 340 g/mol. The molecule has 4 heteroatoms. The van der Waals surface area contributed by atoms with Crippen molar-refractivity contribution in [3.05, 3.63) is 0 Å². The summed E-state index contributed by atoms with van der Waals surface area (Å²) < 4.78 is 10.5. The normalized spacial score (nSPS) is 13.3. The van der Waals surface area contributed by atoms with Crippen LogP contribution in [-0.2, 0) is 19.1 Å². The number of unbranched alkanes of at least 4 members (excludes halogenated alkanes) is 4. The standard InChI is InChI=1S/C23H44O4/c1-19(27-21(25)15-11-9-13-17-23(5,6)7)18-26-20(24)14-10-8-12-16-22(2,3)4/h19H,8-18H2,1-7H3. The first kappa shape index (κ1) is 25.9. The molecule has 0 saturated carbocycles. The molecule has 0 aromatic heterocycles. The van der Waals surface area contributed by atoms with Gasteiger partial charge in [-0.05, 0) is 43.4 Å². The molecule has 0 N–H and O–H groups in total. The van der Waals surface area contributed by atoms with Gasteiger partial charge in [0.1, 0.15) is 12.7 Å². The third kappa shape index (κ3) is 19.5. The van der Waals surface area contributed by atoms with E-state index in [1.165, 1.54) is 12.8 Å². The van der Waals surface area contributed by atoms with Crippen molar-refractivity contribution in [2.24, 2.45) is 10.8 Å². The molecule has 4 nitrogen and oxygen atoms in total. The molecule has 0 heterocycles. The summed E-state index contributed by atoms with van der Waals surface area (Å²) >= 11 is 0. The van der Waals surface area contributed by atoms with Gasteiger partial charge in [-0.15, -0.1) is 0 Å². The smallest absolute Gasteiger partial charge is 0.306 e. The maximum absolute atomic E-state index is 11.8. The van der Waals surface area contributed by atoms with Crippen LogP contribution in [0.15, 0.2) is 0 Å². The molecule has 0 bridgehead atoms. The molecule has 160 valence electrons. The van der Waals surface area contributed by atoms with E-state index in [0.29, 0.717) is 23.7 Å². The summed E-state index contributed by atoms with van der Waals surface area (Å²) in [7, 11) is 0. The highest BCUT2D eigenvalue weighted by Crippen LogP contribution is 2.23. The van der Waals surface area contributed by atoms with Crippen molar-refractivity contribution in [1.29, 1.82) is 0 Å². The minimum atomic E-state index is -0.378. The van der Waals surface area contributed by atoms with Crippen molar-refractivity contribution in [2.45, 2.75) is 119 Å². The molecule has 27 heavy (non-hydrogen) atoms. The molecular formula is C23H44O4. The van der Waals surface area contributed by atoms with Gasteiger partial charge in [-0.3, -0.25) is 9.59 Å². The molecule has 0 amide bonds. The molecule has 1 unspecified atom stereocenters. The van der Waals surface area contributed by atoms with E-state index < -0.39 is 0 Å². The molecule has 0 aliphatic heterocycles. The zero-order chi connectivity index (χ0) is 20.9. The highest BCUT2D eigenvalue weighted by molar-refractivity contribution is 5.70. The summed E-state index contributed by atoms with van der Waals surface area (Å²) in [5.74, 6) is -0.396. The molecule has 1 atom stereocenters. The Bertz CT molecular complexity index is 415. The number of ether oxygens (including phenoxy) is 2. The third-order valence-corrected chi connectivity index (χ3v) is 4.43. The van der Waals surface area contributed by atoms with Crippen LogP contribution in [0, 0.1) is 10.8 Å². The topological polar surface area (TPSA) is 52.6 Å². The predicted molar refractivity (Wildman–Crippen MR) is 112 cm³/mol. The second-order valence-corrected chi connectivity index (χ2v) is 10.2. The van der Waals surface area contributed by atoms with Crippen LogP contribution in [0.2, 0.25) is 0 Å². The van der Waals surface area contributed by atoms with Crippen LogP contribution in [0.1, 0.15) is 113 Å². The number of carbonyl (C=O) groups is 2. The molecule has 0 fully saturated rings. The van der Waals surface area contributed by atoms with E-state index in [4.69, 9.17) is 9.47 Å². The first-order valence-electron chi connectivity index (χ1n) is 10.7. The summed E-state index contributed by atoms with van der Waals surface area (Å²) in [5.41, 5.74) is 0.706. The second kappa shape index (κ2) is 13.2. The molecule has 0 aliphatic carbocycles. The van der Waals surface area contributed by atoms with E-state index in [2.05, 4.69) is 41.5 Å². The van der Waals surface area contributed by atoms with E-state index in [9.17, 15) is 9.59 Å². The maximum Gasteiger partial charge on any atom is 0.306 e. The van der Waals surface area contributed by atoms with Crippen molar-refractivity contribution in [3.63, 3.8) is 0 Å². The molecule has 0 aliphatic rings. The van der Waals surface area contributed by atoms with E-state index in [-0.39, 0.29) is 24.6 Å². The SMILES string of the molecule is CC(COC(=O)CCCCCC(C)(C)C)OC(=O)CCCCCC(C)(C)C. The first-order valence-corrected chi connectivity index (χ1v) is 10.7. The van der Waals surface area contributed by atoms with E-state index in [1.807, 2.05) is 0 Å². The summed E-state index contributed by atoms with van der Waals surface area (Å²) in [6, 6.07) is 0. The van der Waals surface area contributed by atoms with Crippen LogP contribution in [0.3, 0.4) is 0 Å². The van der Waals surface area contributed by atoms with E-state index in [0.717, 1.165) is 38.5 Å². The fourth-order valence-electron chi connectivity index (χ4n) is 2.80. The molecule has 0 spiro atoms. The lowest BCUT2D eigenvalue weighted by molar-refractivity contribution is -0.158. The van der Waals surface area contributed by atoms with Crippen molar-refractivity contribution in [1.82, 2.24) is 0 Å². The highest BCUT2D eigenvalue weighted by atomic mass is 16.6. The molecule has 0 aromatic rings. The lowest BCUT2D eigenvalue weighted by atomic mass is 9.89. The van der Waals surface area contributed by atoms with Gasteiger partial charge in [-0.25, -0.2) is 0 Å². The fraction of sp³-hybridized carbons (Fsp3) is 0.913. The maximum atomic E-state index is 11.8. The van der Waals surface area contributed by atoms with Crippen molar-refractivity contribution >= 4 is 11.9 Å². The Balaban J connectivity index is 3.67. The quantitative estimate of drug-likeness (QED) is 0.270. The third-order valence-electron chi connectivity index (χ3n) is 4.43. The zero-order valence-corrected chi connectivity index (χ0v) is 19.0. The minimum Gasteiger partial charge on any atom is -0.462 e. The average Bonchev–Trinajstić information content (AvgIpc) is 2.50. The molecule has 0 rings (SSSR count). The summed E-state index contributed by atoms with van der Waals surface area (Å²) in [4.78, 5) is 23.6. The number of rotatable bonds is 13. The van der Waals surface area contributed by atoms with Crippen molar-refractivity contribution in [3.8, 4) is 0 Å². The van der Waals surface area contributed by atoms with Crippen LogP contribution in [0.4, 0.5) is 0 Å². The van der Waals surface area contributed by atoms with Gasteiger partial charge in [-0.2, -0.15) is 0 Å². The number of hydrogen-bond donors (Lipinski definition) is 0. The number of carbonyl (C=O) groups excluding carboxylic acids is 2. The predicted octanol–water partition coefficient (Wildman–Crippen LogP) is 6.45.